The van der Waals surface area contributed by atoms with Crippen LogP contribution in [-0.4, -0.2) is 38.8 Å². The number of ether oxygens (including phenoxy) is 1. The number of benzene rings is 2. The van der Waals surface area contributed by atoms with E-state index in [1.165, 1.54) is 22.9 Å². The number of sulfonamides is 1. The molecule has 1 N–H and O–H groups in total. The zero-order valence-corrected chi connectivity index (χ0v) is 17.0. The van der Waals surface area contributed by atoms with Gasteiger partial charge in [0.15, 0.2) is 0 Å². The molecule has 3 rings (SSSR count). The second-order valence-corrected chi connectivity index (χ2v) is 9.02. The van der Waals surface area contributed by atoms with Crippen LogP contribution in [0.4, 0.5) is 5.69 Å². The molecule has 1 amide bonds. The number of anilines is 1. The maximum Gasteiger partial charge on any atom is 0.255 e. The van der Waals surface area contributed by atoms with Gasteiger partial charge in [-0.1, -0.05) is 25.3 Å². The Kier molecular flexibility index (Phi) is 6.36. The van der Waals surface area contributed by atoms with Crippen LogP contribution >= 0.6 is 0 Å². The fourth-order valence-electron chi connectivity index (χ4n) is 3.48. The van der Waals surface area contributed by atoms with Crippen molar-refractivity contribution in [3.63, 3.8) is 0 Å². The lowest BCUT2D eigenvalue weighted by Crippen LogP contribution is -2.38. The van der Waals surface area contributed by atoms with Crippen molar-refractivity contribution in [1.82, 2.24) is 4.31 Å². The lowest BCUT2D eigenvalue weighted by molar-refractivity contribution is 0.102. The Morgan fingerprint density at radius 1 is 1.07 bits per heavy atom. The van der Waals surface area contributed by atoms with E-state index in [-0.39, 0.29) is 16.8 Å². The number of rotatable bonds is 6. The number of carbonyl (C=O) groups is 1. The van der Waals surface area contributed by atoms with Crippen LogP contribution in [0, 0.1) is 0 Å². The summed E-state index contributed by atoms with van der Waals surface area (Å²) in [6.45, 7) is 0. The Labute approximate surface area is 166 Å². The minimum Gasteiger partial charge on any atom is -0.497 e. The topological polar surface area (TPSA) is 75.7 Å². The van der Waals surface area contributed by atoms with Gasteiger partial charge in [0.25, 0.3) is 5.91 Å². The van der Waals surface area contributed by atoms with Crippen molar-refractivity contribution in [2.75, 3.05) is 19.5 Å². The lowest BCUT2D eigenvalue weighted by Gasteiger charge is -2.30. The van der Waals surface area contributed by atoms with Crippen molar-refractivity contribution in [3.05, 3.63) is 54.1 Å². The monoisotopic (exact) mass is 402 g/mol. The molecule has 0 unspecified atom stereocenters. The molecule has 0 spiro atoms. The highest BCUT2D eigenvalue weighted by Crippen LogP contribution is 2.27. The van der Waals surface area contributed by atoms with E-state index in [9.17, 15) is 13.2 Å². The molecule has 0 aliphatic heterocycles. The molecular weight excluding hydrogens is 376 g/mol. The van der Waals surface area contributed by atoms with Crippen LogP contribution in [0.3, 0.4) is 0 Å². The van der Waals surface area contributed by atoms with Gasteiger partial charge in [0.05, 0.1) is 12.0 Å². The van der Waals surface area contributed by atoms with Gasteiger partial charge in [-0.25, -0.2) is 8.42 Å². The molecule has 0 atom stereocenters. The van der Waals surface area contributed by atoms with Crippen LogP contribution in [0.25, 0.3) is 0 Å². The third-order valence-corrected chi connectivity index (χ3v) is 7.13. The molecule has 2 aromatic carbocycles. The second-order valence-electron chi connectivity index (χ2n) is 7.02. The molecule has 7 heteroatoms. The number of methoxy groups -OCH3 is 1. The molecule has 1 fully saturated rings. The molecule has 2 aromatic rings. The van der Waals surface area contributed by atoms with E-state index in [1.54, 1.807) is 50.6 Å². The van der Waals surface area contributed by atoms with Gasteiger partial charge in [0.2, 0.25) is 10.0 Å². The zero-order chi connectivity index (χ0) is 20.1. The van der Waals surface area contributed by atoms with Gasteiger partial charge >= 0.3 is 0 Å². The summed E-state index contributed by atoms with van der Waals surface area (Å²) in [6.07, 6.45) is 5.13. The summed E-state index contributed by atoms with van der Waals surface area (Å²) in [5.41, 5.74) is 1.00. The predicted octanol–water partition coefficient (Wildman–Crippen LogP) is 3.90. The van der Waals surface area contributed by atoms with Crippen LogP contribution in [0.1, 0.15) is 42.5 Å². The van der Waals surface area contributed by atoms with Gasteiger partial charge in [-0.05, 0) is 55.3 Å². The highest BCUT2D eigenvalue weighted by atomic mass is 32.2. The first-order valence-corrected chi connectivity index (χ1v) is 10.9. The van der Waals surface area contributed by atoms with Crippen LogP contribution in [-0.2, 0) is 10.0 Å². The van der Waals surface area contributed by atoms with Crippen molar-refractivity contribution in [3.8, 4) is 5.75 Å². The average Bonchev–Trinajstić information content (AvgIpc) is 2.74. The highest BCUT2D eigenvalue weighted by Gasteiger charge is 2.28. The Morgan fingerprint density at radius 2 is 1.75 bits per heavy atom. The molecule has 28 heavy (non-hydrogen) atoms. The fourth-order valence-corrected chi connectivity index (χ4v) is 4.90. The fraction of sp³-hybridized carbons (Fsp3) is 0.381. The Hall–Kier alpha value is -2.38. The number of nitrogens with zero attached hydrogens (tertiary/aromatic N) is 1. The summed E-state index contributed by atoms with van der Waals surface area (Å²) in [5.74, 6) is 0.314. The van der Waals surface area contributed by atoms with Crippen LogP contribution in [0.15, 0.2) is 53.4 Å². The van der Waals surface area contributed by atoms with E-state index in [0.717, 1.165) is 25.7 Å². The minimum atomic E-state index is -3.54. The maximum atomic E-state index is 12.9. The lowest BCUT2D eigenvalue weighted by atomic mass is 9.96. The van der Waals surface area contributed by atoms with Crippen molar-refractivity contribution in [2.24, 2.45) is 0 Å². The highest BCUT2D eigenvalue weighted by molar-refractivity contribution is 7.89. The normalized spacial score (nSPS) is 15.4. The summed E-state index contributed by atoms with van der Waals surface area (Å²) in [4.78, 5) is 12.6. The van der Waals surface area contributed by atoms with Crippen molar-refractivity contribution < 1.29 is 17.9 Å². The van der Waals surface area contributed by atoms with E-state index in [1.807, 2.05) is 0 Å². The Morgan fingerprint density at radius 3 is 2.39 bits per heavy atom. The summed E-state index contributed by atoms with van der Waals surface area (Å²) in [5, 5.41) is 2.78. The minimum absolute atomic E-state index is 0.0613. The zero-order valence-electron chi connectivity index (χ0n) is 16.2. The summed E-state index contributed by atoms with van der Waals surface area (Å²) in [6, 6.07) is 13.2. The number of hydrogen-bond acceptors (Lipinski definition) is 4. The van der Waals surface area contributed by atoms with Crippen LogP contribution in [0.5, 0.6) is 5.75 Å². The summed E-state index contributed by atoms with van der Waals surface area (Å²) < 4.78 is 32.4. The first-order valence-electron chi connectivity index (χ1n) is 9.45. The molecular formula is C21H26N2O4S. The van der Waals surface area contributed by atoms with E-state index in [0.29, 0.717) is 17.0 Å². The predicted molar refractivity (Wildman–Crippen MR) is 109 cm³/mol. The van der Waals surface area contributed by atoms with E-state index in [4.69, 9.17) is 4.74 Å². The van der Waals surface area contributed by atoms with Crippen LogP contribution < -0.4 is 10.1 Å². The number of hydrogen-bond donors (Lipinski definition) is 1. The van der Waals surface area contributed by atoms with Gasteiger partial charge in [-0.2, -0.15) is 4.31 Å². The first kappa shape index (κ1) is 20.4. The van der Waals surface area contributed by atoms with Gasteiger partial charge in [0, 0.05) is 24.3 Å². The maximum absolute atomic E-state index is 12.9. The smallest absolute Gasteiger partial charge is 0.255 e. The summed E-state index contributed by atoms with van der Waals surface area (Å²) >= 11 is 0. The van der Waals surface area contributed by atoms with Crippen molar-refractivity contribution in [1.29, 1.82) is 0 Å². The van der Waals surface area contributed by atoms with Gasteiger partial charge in [-0.15, -0.1) is 0 Å². The third kappa shape index (κ3) is 4.54. The molecule has 1 aliphatic carbocycles. The Bertz CT molecular complexity index is 920. The average molecular weight is 403 g/mol. The summed E-state index contributed by atoms with van der Waals surface area (Å²) in [7, 11) is -0.342. The molecule has 0 radical (unpaired) electrons. The van der Waals surface area contributed by atoms with E-state index >= 15 is 0 Å². The molecule has 0 bridgehead atoms. The van der Waals surface area contributed by atoms with Gasteiger partial charge < -0.3 is 10.1 Å². The van der Waals surface area contributed by atoms with Crippen molar-refractivity contribution >= 4 is 21.6 Å². The van der Waals surface area contributed by atoms with Crippen molar-refractivity contribution in [2.45, 2.75) is 43.0 Å². The van der Waals surface area contributed by atoms with Gasteiger partial charge in [-0.3, -0.25) is 4.79 Å². The molecule has 150 valence electrons. The molecule has 0 saturated heterocycles. The van der Waals surface area contributed by atoms with Gasteiger partial charge in [0.1, 0.15) is 5.75 Å². The van der Waals surface area contributed by atoms with Crippen LogP contribution in [0.2, 0.25) is 0 Å². The number of amides is 1. The first-order chi connectivity index (χ1) is 13.4. The molecule has 6 nitrogen and oxygen atoms in total. The molecule has 1 aliphatic rings. The molecule has 1 saturated carbocycles. The molecule has 0 aromatic heterocycles. The third-order valence-electron chi connectivity index (χ3n) is 5.21. The standard InChI is InChI=1S/C21H26N2O4S/c1-23(18-8-4-3-5-9-18)28(25,26)20-13-11-17(12-14-20)22-21(24)16-7-6-10-19(15-16)27-2/h6-7,10-15,18H,3-5,8-9H2,1-2H3,(H,22,24). The second kappa shape index (κ2) is 8.75. The molecule has 0 heterocycles. The van der Waals surface area contributed by atoms with E-state index in [2.05, 4.69) is 5.32 Å². The van der Waals surface area contributed by atoms with E-state index < -0.39 is 10.0 Å². The quantitative estimate of drug-likeness (QED) is 0.795. The SMILES string of the molecule is COc1cccc(C(=O)Nc2ccc(S(=O)(=O)N(C)C3CCCCC3)cc2)c1. The Balaban J connectivity index is 1.71. The number of nitrogens with one attached hydrogen (secondary N) is 1. The number of carbonyl (C=O) groups excluding carboxylic acids is 1. The largest absolute Gasteiger partial charge is 0.497 e.